The second-order valence-corrected chi connectivity index (χ2v) is 13.2. The van der Waals surface area contributed by atoms with E-state index in [0.717, 1.165) is 42.3 Å². The van der Waals surface area contributed by atoms with E-state index in [0.29, 0.717) is 17.9 Å². The van der Waals surface area contributed by atoms with Crippen molar-refractivity contribution in [2.75, 3.05) is 0 Å². The molecule has 229 valence electrons. The summed E-state index contributed by atoms with van der Waals surface area (Å²) in [5.41, 5.74) is 6.32. The Morgan fingerprint density at radius 3 is 2.24 bits per heavy atom. The van der Waals surface area contributed by atoms with Crippen LogP contribution in [0, 0.1) is 17.9 Å². The average Bonchev–Trinajstić information content (AvgIpc) is 2.91. The van der Waals surface area contributed by atoms with Crippen LogP contribution >= 0.6 is 0 Å². The second kappa shape index (κ2) is 14.6. The Balaban J connectivity index is 0.000000278. The molecule has 0 spiro atoms. The Bertz CT molecular complexity index is 1470. The van der Waals surface area contributed by atoms with Crippen LogP contribution < -0.4 is 0 Å². The van der Waals surface area contributed by atoms with Crippen LogP contribution in [0.15, 0.2) is 54.7 Å². The van der Waals surface area contributed by atoms with Crippen molar-refractivity contribution in [1.29, 1.82) is 0 Å². The number of nitrogens with zero attached hydrogens (tertiary/aromatic N) is 2. The molecule has 2 atom stereocenters. The van der Waals surface area contributed by atoms with Crippen molar-refractivity contribution >= 4 is 21.5 Å². The molecule has 3 aromatic carbocycles. The molecular formula is C38H50IrN2O-2. The predicted octanol–water partition coefficient (Wildman–Crippen LogP) is 10.0. The van der Waals surface area contributed by atoms with Gasteiger partial charge in [-0.05, 0) is 58.1 Å². The van der Waals surface area contributed by atoms with Gasteiger partial charge in [0.15, 0.2) is 0 Å². The smallest absolute Gasteiger partial charge is 0.0554 e. The van der Waals surface area contributed by atoms with Crippen molar-refractivity contribution in [3.05, 3.63) is 82.8 Å². The topological polar surface area (TPSA) is 47.2 Å². The van der Waals surface area contributed by atoms with Crippen molar-refractivity contribution in [2.45, 2.75) is 112 Å². The van der Waals surface area contributed by atoms with E-state index in [1.165, 1.54) is 32.8 Å². The van der Waals surface area contributed by atoms with Gasteiger partial charge >= 0.3 is 0 Å². The molecule has 42 heavy (non-hydrogen) atoms. The van der Waals surface area contributed by atoms with Gasteiger partial charge in [-0.3, -0.25) is 4.98 Å². The average molecular weight is 743 g/mol. The van der Waals surface area contributed by atoms with Gasteiger partial charge in [-0.25, -0.2) is 0 Å². The molecule has 4 aromatic rings. The molecule has 1 heterocycles. The van der Waals surface area contributed by atoms with Crippen molar-refractivity contribution in [3.63, 3.8) is 0 Å². The Labute approximate surface area is 268 Å². The first-order valence-corrected chi connectivity index (χ1v) is 15.7. The number of aliphatic hydroxyl groups excluding tert-OH is 1. The van der Waals surface area contributed by atoms with Gasteiger partial charge in [0.1, 0.15) is 0 Å². The zero-order valence-corrected chi connectivity index (χ0v) is 29.5. The summed E-state index contributed by atoms with van der Waals surface area (Å²) in [6, 6.07) is 22.1. The molecule has 0 amide bonds. The van der Waals surface area contributed by atoms with E-state index in [1.807, 2.05) is 6.20 Å². The molecule has 1 aliphatic carbocycles. The van der Waals surface area contributed by atoms with Gasteiger partial charge in [0.05, 0.1) is 6.10 Å². The molecule has 1 aromatic heterocycles. The van der Waals surface area contributed by atoms with E-state index in [2.05, 4.69) is 122 Å². The number of hydrogen-bond donors (Lipinski definition) is 1. The summed E-state index contributed by atoms with van der Waals surface area (Å²) < 4.78 is 0. The maximum Gasteiger partial charge on any atom is 0.0554 e. The van der Waals surface area contributed by atoms with E-state index < -0.39 is 0 Å². The summed E-state index contributed by atoms with van der Waals surface area (Å²) in [4.78, 5) is 4.81. The third-order valence-electron chi connectivity index (χ3n) is 8.67. The molecule has 0 bridgehead atoms. The van der Waals surface area contributed by atoms with Gasteiger partial charge in [0.25, 0.3) is 0 Å². The number of aromatic nitrogens is 1. The molecule has 3 nitrogen and oxygen atoms in total. The molecule has 0 aliphatic heterocycles. The zero-order chi connectivity index (χ0) is 29.9. The SMILES string of the molecule is CC(C)Cc1cc2c3c(nccc3c1)-c1[c-]c3ccccc3cc1C2(C)C.CCC(CC)C(O)CC(C)[N-]C(C)C.[Ir]. The number of rotatable bonds is 9. The van der Waals surface area contributed by atoms with Crippen LogP contribution in [0.3, 0.4) is 0 Å². The van der Waals surface area contributed by atoms with Crippen molar-refractivity contribution in [2.24, 2.45) is 11.8 Å². The molecule has 2 unspecified atom stereocenters. The summed E-state index contributed by atoms with van der Waals surface area (Å²) in [6.45, 7) is 19.8. The molecule has 0 saturated heterocycles. The fourth-order valence-electron chi connectivity index (χ4n) is 6.59. The molecule has 1 N–H and O–H groups in total. The monoisotopic (exact) mass is 743 g/mol. The van der Waals surface area contributed by atoms with E-state index in [-0.39, 0.29) is 37.7 Å². The molecular weight excluding hydrogens is 693 g/mol. The van der Waals surface area contributed by atoms with Gasteiger partial charge in [-0.2, -0.15) is 0 Å². The van der Waals surface area contributed by atoms with Crippen molar-refractivity contribution in [1.82, 2.24) is 4.98 Å². The first-order chi connectivity index (χ1) is 19.5. The summed E-state index contributed by atoms with van der Waals surface area (Å²) in [7, 11) is 0. The fourth-order valence-corrected chi connectivity index (χ4v) is 6.59. The normalized spacial score (nSPS) is 14.9. The zero-order valence-electron chi connectivity index (χ0n) is 27.1. The summed E-state index contributed by atoms with van der Waals surface area (Å²) in [6.07, 6.45) is 5.81. The Kier molecular flexibility index (Phi) is 11.9. The number of hydrogen-bond acceptors (Lipinski definition) is 2. The minimum absolute atomic E-state index is 0. The maximum absolute atomic E-state index is 9.93. The number of aliphatic hydroxyl groups is 1. The van der Waals surface area contributed by atoms with E-state index in [9.17, 15) is 5.11 Å². The van der Waals surface area contributed by atoms with Crippen LogP contribution in [0.1, 0.15) is 98.3 Å². The molecule has 1 radical (unpaired) electrons. The minimum atomic E-state index is -0.178. The maximum atomic E-state index is 9.93. The van der Waals surface area contributed by atoms with Gasteiger partial charge in [0.2, 0.25) is 0 Å². The third-order valence-corrected chi connectivity index (χ3v) is 8.67. The van der Waals surface area contributed by atoms with Crippen LogP contribution in [0.4, 0.5) is 0 Å². The van der Waals surface area contributed by atoms with Gasteiger partial charge in [-0.1, -0.05) is 122 Å². The molecule has 1 aliphatic rings. The quantitative estimate of drug-likeness (QED) is 0.174. The molecule has 0 saturated carbocycles. The van der Waals surface area contributed by atoms with E-state index in [1.54, 1.807) is 0 Å². The van der Waals surface area contributed by atoms with Gasteiger partial charge < -0.3 is 10.4 Å². The first-order valence-electron chi connectivity index (χ1n) is 15.7. The summed E-state index contributed by atoms with van der Waals surface area (Å²) in [5, 5.41) is 19.4. The van der Waals surface area contributed by atoms with E-state index in [4.69, 9.17) is 4.98 Å². The van der Waals surface area contributed by atoms with Crippen LogP contribution in [0.5, 0.6) is 0 Å². The van der Waals surface area contributed by atoms with Crippen LogP contribution in [-0.2, 0) is 31.9 Å². The number of benzene rings is 3. The van der Waals surface area contributed by atoms with Crippen LogP contribution in [-0.4, -0.2) is 28.3 Å². The Morgan fingerprint density at radius 2 is 1.60 bits per heavy atom. The standard InChI is InChI=1S/C26H24N.C12H26NO.Ir/c1-16(2)11-17-12-20-9-10-27-25-21-14-18-7-5-6-8-19(18)15-22(21)26(3,4)23(13-17)24(20)25;1-6-11(7-2)12(14)8-10(5)13-9(3)4;/h5-10,12-13,15-16H,11H2,1-4H3;9-12,14H,6-8H2,1-5H3;/q2*-1;. The Morgan fingerprint density at radius 1 is 0.905 bits per heavy atom. The second-order valence-electron chi connectivity index (χ2n) is 13.2. The Hall–Kier alpha value is -2.10. The molecule has 4 heteroatoms. The minimum Gasteiger partial charge on any atom is -0.657 e. The van der Waals surface area contributed by atoms with Crippen LogP contribution in [0.2, 0.25) is 0 Å². The molecule has 0 fully saturated rings. The van der Waals surface area contributed by atoms with E-state index >= 15 is 0 Å². The fraction of sp³-hybridized carbons (Fsp3) is 0.500. The largest absolute Gasteiger partial charge is 0.657 e. The van der Waals surface area contributed by atoms with Crippen molar-refractivity contribution in [3.8, 4) is 11.3 Å². The van der Waals surface area contributed by atoms with Gasteiger partial charge in [0, 0.05) is 32.0 Å². The summed E-state index contributed by atoms with van der Waals surface area (Å²) >= 11 is 0. The number of fused-ring (bicyclic) bond motifs is 3. The summed E-state index contributed by atoms with van der Waals surface area (Å²) in [5.74, 6) is 1.09. The van der Waals surface area contributed by atoms with Gasteiger partial charge in [-0.15, -0.1) is 35.7 Å². The van der Waals surface area contributed by atoms with Crippen molar-refractivity contribution < 1.29 is 25.2 Å². The van der Waals surface area contributed by atoms with Crippen LogP contribution in [0.25, 0.3) is 38.1 Å². The predicted molar refractivity (Wildman–Crippen MR) is 177 cm³/mol. The first kappa shape index (κ1) is 34.4. The molecule has 5 rings (SSSR count). The third kappa shape index (κ3) is 7.51. The number of pyridine rings is 1.